The van der Waals surface area contributed by atoms with Gasteiger partial charge < -0.3 is 9.52 Å². The van der Waals surface area contributed by atoms with Crippen LogP contribution in [0.4, 0.5) is 0 Å². The Morgan fingerprint density at radius 1 is 1.31 bits per heavy atom. The Bertz CT molecular complexity index is 505. The van der Waals surface area contributed by atoms with E-state index in [-0.39, 0.29) is 11.7 Å². The van der Waals surface area contributed by atoms with Crippen LogP contribution in [0.1, 0.15) is 25.5 Å². The van der Waals surface area contributed by atoms with Gasteiger partial charge in [0.25, 0.3) is 4.80 Å². The normalized spacial score (nSPS) is 11.0. The van der Waals surface area contributed by atoms with Gasteiger partial charge in [-0.1, -0.05) is 26.0 Å². The molecule has 0 aliphatic rings. The summed E-state index contributed by atoms with van der Waals surface area (Å²) in [6.45, 7) is 4.05. The molecule has 84 valence electrons. The summed E-state index contributed by atoms with van der Waals surface area (Å²) in [6.07, 6.45) is 0. The molecule has 4 heteroatoms. The predicted octanol–water partition coefficient (Wildman–Crippen LogP) is 3.93. The molecule has 0 bridgehead atoms. The highest BCUT2D eigenvalue weighted by Crippen LogP contribution is 2.35. The lowest BCUT2D eigenvalue weighted by Crippen LogP contribution is -1.89. The summed E-state index contributed by atoms with van der Waals surface area (Å²) in [4.78, 5) is 4.69. The minimum Gasteiger partial charge on any atom is -0.507 e. The third kappa shape index (κ3) is 1.97. The van der Waals surface area contributed by atoms with Crippen molar-refractivity contribution in [3.8, 4) is 17.0 Å². The van der Waals surface area contributed by atoms with Crippen molar-refractivity contribution in [2.24, 2.45) is 0 Å². The fourth-order valence-electron chi connectivity index (χ4n) is 1.56. The van der Waals surface area contributed by atoms with Crippen molar-refractivity contribution in [2.75, 3.05) is 0 Å². The van der Waals surface area contributed by atoms with E-state index in [1.54, 1.807) is 12.1 Å². The lowest BCUT2D eigenvalue weighted by Gasteiger charge is -2.05. The van der Waals surface area contributed by atoms with Gasteiger partial charge in [0, 0.05) is 27.4 Å². The van der Waals surface area contributed by atoms with E-state index in [0.717, 1.165) is 5.76 Å². The number of oxazole rings is 1. The standard InChI is InChI=1S/C12H12BrNO2/c1-7(2)11-10(14-12(13)16-11)8-5-3-4-6-9(8)15/h3-7,15H,1-2H3. The second-order valence-corrected chi connectivity index (χ2v) is 4.53. The molecule has 0 saturated heterocycles. The second-order valence-electron chi connectivity index (χ2n) is 3.85. The number of nitrogens with zero attached hydrogens (tertiary/aromatic N) is 1. The van der Waals surface area contributed by atoms with E-state index in [1.807, 2.05) is 26.0 Å². The Labute approximate surface area is 102 Å². The third-order valence-corrected chi connectivity index (χ3v) is 2.65. The van der Waals surface area contributed by atoms with Gasteiger partial charge in [0.05, 0.1) is 0 Å². The SMILES string of the molecule is CC(C)c1oc(Br)nc1-c1ccccc1O. The van der Waals surface area contributed by atoms with Gasteiger partial charge in [-0.25, -0.2) is 4.98 Å². The van der Waals surface area contributed by atoms with Crippen LogP contribution >= 0.6 is 15.9 Å². The highest BCUT2D eigenvalue weighted by atomic mass is 79.9. The van der Waals surface area contributed by atoms with Crippen LogP contribution in [0.5, 0.6) is 5.75 Å². The molecule has 0 amide bonds. The summed E-state index contributed by atoms with van der Waals surface area (Å²) in [5, 5.41) is 9.78. The van der Waals surface area contributed by atoms with Crippen molar-refractivity contribution in [1.29, 1.82) is 0 Å². The van der Waals surface area contributed by atoms with E-state index in [0.29, 0.717) is 16.1 Å². The van der Waals surface area contributed by atoms with Gasteiger partial charge in [-0.2, -0.15) is 0 Å². The van der Waals surface area contributed by atoms with Crippen LogP contribution < -0.4 is 0 Å². The Balaban J connectivity index is 2.60. The maximum atomic E-state index is 9.78. The molecule has 0 aliphatic heterocycles. The first-order valence-corrected chi connectivity index (χ1v) is 5.83. The van der Waals surface area contributed by atoms with Gasteiger partial charge in [0.15, 0.2) is 0 Å². The number of phenols is 1. The quantitative estimate of drug-likeness (QED) is 0.907. The van der Waals surface area contributed by atoms with Crippen LogP contribution in [0.2, 0.25) is 0 Å². The molecule has 1 heterocycles. The Morgan fingerprint density at radius 2 is 2.00 bits per heavy atom. The zero-order valence-electron chi connectivity index (χ0n) is 9.07. The van der Waals surface area contributed by atoms with Crippen LogP contribution in [0, 0.1) is 0 Å². The van der Waals surface area contributed by atoms with Crippen LogP contribution in [0.15, 0.2) is 33.5 Å². The zero-order chi connectivity index (χ0) is 11.7. The van der Waals surface area contributed by atoms with E-state index in [2.05, 4.69) is 20.9 Å². The maximum Gasteiger partial charge on any atom is 0.264 e. The minimum atomic E-state index is 0.213. The average molecular weight is 282 g/mol. The summed E-state index contributed by atoms with van der Waals surface area (Å²) < 4.78 is 5.48. The Morgan fingerprint density at radius 3 is 2.62 bits per heavy atom. The van der Waals surface area contributed by atoms with Crippen molar-refractivity contribution < 1.29 is 9.52 Å². The largest absolute Gasteiger partial charge is 0.507 e. The van der Waals surface area contributed by atoms with Crippen molar-refractivity contribution >= 4 is 15.9 Å². The van der Waals surface area contributed by atoms with E-state index >= 15 is 0 Å². The molecular weight excluding hydrogens is 270 g/mol. The van der Waals surface area contributed by atoms with E-state index < -0.39 is 0 Å². The van der Waals surface area contributed by atoms with Gasteiger partial charge in [0.1, 0.15) is 17.2 Å². The molecule has 0 radical (unpaired) electrons. The van der Waals surface area contributed by atoms with Crippen molar-refractivity contribution in [2.45, 2.75) is 19.8 Å². The molecule has 0 aliphatic carbocycles. The Hall–Kier alpha value is -1.29. The van der Waals surface area contributed by atoms with Gasteiger partial charge in [-0.3, -0.25) is 0 Å². The lowest BCUT2D eigenvalue weighted by molar-refractivity contribution is 0.460. The number of phenolic OH excluding ortho intramolecular Hbond substituents is 1. The molecule has 3 nitrogen and oxygen atoms in total. The molecule has 1 aromatic carbocycles. The van der Waals surface area contributed by atoms with Crippen molar-refractivity contribution in [3.63, 3.8) is 0 Å². The fraction of sp³-hybridized carbons (Fsp3) is 0.250. The summed E-state index contributed by atoms with van der Waals surface area (Å²) in [5.74, 6) is 1.20. The summed E-state index contributed by atoms with van der Waals surface area (Å²) >= 11 is 3.21. The zero-order valence-corrected chi connectivity index (χ0v) is 10.7. The number of halogens is 1. The number of aromatic hydroxyl groups is 1. The monoisotopic (exact) mass is 281 g/mol. The van der Waals surface area contributed by atoms with Crippen LogP contribution in [0.25, 0.3) is 11.3 Å². The van der Waals surface area contributed by atoms with E-state index in [4.69, 9.17) is 4.42 Å². The summed E-state index contributed by atoms with van der Waals surface area (Å²) in [5.41, 5.74) is 1.39. The first-order chi connectivity index (χ1) is 7.59. The smallest absolute Gasteiger partial charge is 0.264 e. The lowest BCUT2D eigenvalue weighted by atomic mass is 10.0. The predicted molar refractivity (Wildman–Crippen MR) is 65.4 cm³/mol. The molecule has 0 saturated carbocycles. The van der Waals surface area contributed by atoms with E-state index in [9.17, 15) is 5.11 Å². The van der Waals surface area contributed by atoms with Crippen molar-refractivity contribution in [3.05, 3.63) is 34.8 Å². The molecule has 0 fully saturated rings. The van der Waals surface area contributed by atoms with E-state index in [1.165, 1.54) is 0 Å². The molecule has 1 aromatic heterocycles. The number of para-hydroxylation sites is 1. The van der Waals surface area contributed by atoms with Crippen LogP contribution in [-0.4, -0.2) is 10.1 Å². The van der Waals surface area contributed by atoms with Gasteiger partial charge in [-0.05, 0) is 12.1 Å². The number of aromatic nitrogens is 1. The highest BCUT2D eigenvalue weighted by molar-refractivity contribution is 9.10. The fourth-order valence-corrected chi connectivity index (χ4v) is 1.91. The van der Waals surface area contributed by atoms with Gasteiger partial charge in [0.2, 0.25) is 0 Å². The van der Waals surface area contributed by atoms with Gasteiger partial charge >= 0.3 is 0 Å². The summed E-state index contributed by atoms with van der Waals surface area (Å²) in [6, 6.07) is 7.11. The topological polar surface area (TPSA) is 46.3 Å². The minimum absolute atomic E-state index is 0.213. The molecule has 2 rings (SSSR count). The highest BCUT2D eigenvalue weighted by Gasteiger charge is 2.18. The van der Waals surface area contributed by atoms with Crippen LogP contribution in [0.3, 0.4) is 0 Å². The number of hydrogen-bond acceptors (Lipinski definition) is 3. The molecule has 2 aromatic rings. The second kappa shape index (κ2) is 4.29. The molecule has 0 atom stereocenters. The third-order valence-electron chi connectivity index (χ3n) is 2.31. The Kier molecular flexibility index (Phi) is 3.01. The van der Waals surface area contributed by atoms with Gasteiger partial charge in [-0.15, -0.1) is 0 Å². The molecule has 0 spiro atoms. The molecule has 16 heavy (non-hydrogen) atoms. The number of benzene rings is 1. The average Bonchev–Trinajstić information content (AvgIpc) is 2.61. The molecule has 0 unspecified atom stereocenters. The molecular formula is C12H12BrNO2. The first kappa shape index (κ1) is 11.2. The maximum absolute atomic E-state index is 9.78. The summed E-state index contributed by atoms with van der Waals surface area (Å²) in [7, 11) is 0. The van der Waals surface area contributed by atoms with Crippen molar-refractivity contribution in [1.82, 2.24) is 4.98 Å². The molecule has 1 N–H and O–H groups in total. The van der Waals surface area contributed by atoms with Crippen LogP contribution in [-0.2, 0) is 0 Å². The number of rotatable bonds is 2. The first-order valence-electron chi connectivity index (χ1n) is 5.04. The number of hydrogen-bond donors (Lipinski definition) is 1.